The Hall–Kier alpha value is -3.46. The first-order chi connectivity index (χ1) is 13.3. The quantitative estimate of drug-likeness (QED) is 0.591. The van der Waals surface area contributed by atoms with E-state index in [4.69, 9.17) is 9.84 Å². The molecule has 0 bridgehead atoms. The molecular formula is C18H18N8O. The molecule has 0 atom stereocenters. The van der Waals surface area contributed by atoms with Crippen molar-refractivity contribution in [2.24, 2.45) is 0 Å². The van der Waals surface area contributed by atoms with Crippen molar-refractivity contribution in [1.29, 1.82) is 0 Å². The Kier molecular flexibility index (Phi) is 3.72. The van der Waals surface area contributed by atoms with Gasteiger partial charge in [0.05, 0.1) is 30.7 Å². The molecule has 3 aromatic heterocycles. The Balaban J connectivity index is 1.63. The molecule has 0 fully saturated rings. The third-order valence-electron chi connectivity index (χ3n) is 4.68. The molecule has 9 nitrogen and oxygen atoms in total. The van der Waals surface area contributed by atoms with Crippen LogP contribution in [0.1, 0.15) is 5.69 Å². The minimum Gasteiger partial charge on any atom is -0.495 e. The standard InChI is InChI=1S/C18H18N8O/c1-27-17-3-2-13(24-11-21-22-12-24)9-16(17)25-6-5-20-18(25)15-8-14-10-19-4-7-26(14)23-15/h2-3,5-6,8-9,11-12,19H,4,7,10H2,1H3. The van der Waals surface area contributed by atoms with E-state index in [1.165, 1.54) is 0 Å². The fraction of sp³-hybridized carbons (Fsp3) is 0.222. The third-order valence-corrected chi connectivity index (χ3v) is 4.68. The van der Waals surface area contributed by atoms with Gasteiger partial charge in [-0.05, 0) is 24.3 Å². The second-order valence-electron chi connectivity index (χ2n) is 6.27. The molecule has 0 aliphatic carbocycles. The summed E-state index contributed by atoms with van der Waals surface area (Å²) >= 11 is 0. The van der Waals surface area contributed by atoms with Gasteiger partial charge in [-0.2, -0.15) is 5.10 Å². The average Bonchev–Trinajstić information content (AvgIpc) is 3.47. The lowest BCUT2D eigenvalue weighted by molar-refractivity contribution is 0.413. The number of nitrogens with zero attached hydrogens (tertiary/aromatic N) is 7. The lowest BCUT2D eigenvalue weighted by Gasteiger charge is -2.14. The van der Waals surface area contributed by atoms with E-state index in [2.05, 4.69) is 26.6 Å². The van der Waals surface area contributed by atoms with Crippen molar-refractivity contribution in [3.05, 3.63) is 55.0 Å². The minimum absolute atomic E-state index is 0.747. The Labute approximate surface area is 155 Å². The van der Waals surface area contributed by atoms with Crippen LogP contribution in [0.5, 0.6) is 5.75 Å². The van der Waals surface area contributed by atoms with Gasteiger partial charge in [0, 0.05) is 25.5 Å². The van der Waals surface area contributed by atoms with Crippen molar-refractivity contribution in [2.45, 2.75) is 13.1 Å². The monoisotopic (exact) mass is 362 g/mol. The van der Waals surface area contributed by atoms with Crippen LogP contribution in [0, 0.1) is 0 Å². The average molecular weight is 362 g/mol. The van der Waals surface area contributed by atoms with Crippen LogP contribution in [0.3, 0.4) is 0 Å². The summed E-state index contributed by atoms with van der Waals surface area (Å²) in [5.74, 6) is 1.52. The first-order valence-corrected chi connectivity index (χ1v) is 8.68. The zero-order chi connectivity index (χ0) is 18.2. The molecule has 5 rings (SSSR count). The van der Waals surface area contributed by atoms with Crippen LogP contribution in [-0.2, 0) is 13.1 Å². The maximum Gasteiger partial charge on any atom is 0.165 e. The van der Waals surface area contributed by atoms with Gasteiger partial charge in [-0.3, -0.25) is 13.8 Å². The lowest BCUT2D eigenvalue weighted by Crippen LogP contribution is -2.28. The Morgan fingerprint density at radius 3 is 2.85 bits per heavy atom. The van der Waals surface area contributed by atoms with Crippen LogP contribution in [0.25, 0.3) is 22.9 Å². The fourth-order valence-corrected chi connectivity index (χ4v) is 3.35. The number of rotatable bonds is 4. The second-order valence-corrected chi connectivity index (χ2v) is 6.27. The second kappa shape index (κ2) is 6.36. The third kappa shape index (κ3) is 2.68. The SMILES string of the molecule is COc1ccc(-n2cnnc2)cc1-n1ccnc1-c1cc2n(n1)CCNC2. The molecule has 1 N–H and O–H groups in total. The summed E-state index contributed by atoms with van der Waals surface area (Å²) < 4.78 is 11.5. The van der Waals surface area contributed by atoms with Crippen LogP contribution in [-0.4, -0.2) is 47.8 Å². The van der Waals surface area contributed by atoms with E-state index >= 15 is 0 Å². The summed E-state index contributed by atoms with van der Waals surface area (Å²) in [5, 5.41) is 15.9. The van der Waals surface area contributed by atoms with Gasteiger partial charge in [0.1, 0.15) is 24.1 Å². The van der Waals surface area contributed by atoms with E-state index in [1.807, 2.05) is 38.2 Å². The summed E-state index contributed by atoms with van der Waals surface area (Å²) in [6.07, 6.45) is 7.02. The van der Waals surface area contributed by atoms with Gasteiger partial charge < -0.3 is 10.1 Å². The summed E-state index contributed by atoms with van der Waals surface area (Å²) in [6, 6.07) is 7.99. The van der Waals surface area contributed by atoms with Crippen LogP contribution in [0.15, 0.2) is 49.3 Å². The molecule has 0 saturated carbocycles. The highest BCUT2D eigenvalue weighted by molar-refractivity contribution is 5.60. The minimum atomic E-state index is 0.747. The first kappa shape index (κ1) is 15.8. The fourth-order valence-electron chi connectivity index (χ4n) is 3.35. The van der Waals surface area contributed by atoms with Crippen molar-refractivity contribution in [2.75, 3.05) is 13.7 Å². The highest BCUT2D eigenvalue weighted by atomic mass is 16.5. The van der Waals surface area contributed by atoms with Gasteiger partial charge in [0.15, 0.2) is 5.82 Å². The molecule has 1 aliphatic rings. The molecule has 9 heteroatoms. The molecular weight excluding hydrogens is 344 g/mol. The number of aromatic nitrogens is 7. The molecule has 0 saturated heterocycles. The van der Waals surface area contributed by atoms with Crippen LogP contribution >= 0.6 is 0 Å². The molecule has 4 aromatic rings. The van der Waals surface area contributed by atoms with Gasteiger partial charge in [-0.25, -0.2) is 4.98 Å². The van der Waals surface area contributed by atoms with Gasteiger partial charge in [0.2, 0.25) is 0 Å². The number of nitrogens with one attached hydrogen (secondary N) is 1. The van der Waals surface area contributed by atoms with E-state index in [1.54, 1.807) is 26.0 Å². The van der Waals surface area contributed by atoms with Gasteiger partial charge in [-0.1, -0.05) is 0 Å². The highest BCUT2D eigenvalue weighted by Crippen LogP contribution is 2.30. The number of hydrogen-bond acceptors (Lipinski definition) is 6. The van der Waals surface area contributed by atoms with Crippen LogP contribution in [0.2, 0.25) is 0 Å². The molecule has 1 aromatic carbocycles. The largest absolute Gasteiger partial charge is 0.495 e. The predicted octanol–water partition coefficient (Wildman–Crippen LogP) is 1.43. The zero-order valence-corrected chi connectivity index (χ0v) is 14.8. The summed E-state index contributed by atoms with van der Waals surface area (Å²) in [5.41, 5.74) is 3.82. The smallest absolute Gasteiger partial charge is 0.165 e. The number of fused-ring (bicyclic) bond motifs is 1. The number of benzene rings is 1. The van der Waals surface area contributed by atoms with Crippen LogP contribution < -0.4 is 10.1 Å². The topological polar surface area (TPSA) is 87.6 Å². The van der Waals surface area contributed by atoms with Crippen molar-refractivity contribution in [1.82, 2.24) is 39.4 Å². The molecule has 0 spiro atoms. The number of ether oxygens (including phenoxy) is 1. The maximum absolute atomic E-state index is 5.59. The number of imidazole rings is 1. The van der Waals surface area contributed by atoms with Gasteiger partial charge in [0.25, 0.3) is 0 Å². The van der Waals surface area contributed by atoms with Gasteiger partial charge in [-0.15, -0.1) is 10.2 Å². The molecule has 1 aliphatic heterocycles. The summed E-state index contributed by atoms with van der Waals surface area (Å²) in [7, 11) is 1.66. The zero-order valence-electron chi connectivity index (χ0n) is 14.8. The molecule has 136 valence electrons. The van der Waals surface area contributed by atoms with Crippen molar-refractivity contribution >= 4 is 0 Å². The molecule has 4 heterocycles. The van der Waals surface area contributed by atoms with E-state index in [0.717, 1.165) is 54.0 Å². The first-order valence-electron chi connectivity index (χ1n) is 8.68. The van der Waals surface area contributed by atoms with E-state index in [0.29, 0.717) is 0 Å². The molecule has 27 heavy (non-hydrogen) atoms. The molecule has 0 amide bonds. The Morgan fingerprint density at radius 1 is 1.15 bits per heavy atom. The van der Waals surface area contributed by atoms with E-state index < -0.39 is 0 Å². The lowest BCUT2D eigenvalue weighted by atomic mass is 10.2. The Bertz CT molecular complexity index is 1060. The summed E-state index contributed by atoms with van der Waals surface area (Å²) in [6.45, 7) is 2.61. The highest BCUT2D eigenvalue weighted by Gasteiger charge is 2.18. The Morgan fingerprint density at radius 2 is 2.04 bits per heavy atom. The van der Waals surface area contributed by atoms with Crippen molar-refractivity contribution in [3.8, 4) is 28.6 Å². The number of hydrogen-bond donors (Lipinski definition) is 1. The van der Waals surface area contributed by atoms with Crippen LogP contribution in [0.4, 0.5) is 0 Å². The number of methoxy groups -OCH3 is 1. The summed E-state index contributed by atoms with van der Waals surface area (Å²) in [4.78, 5) is 4.55. The van der Waals surface area contributed by atoms with E-state index in [9.17, 15) is 0 Å². The van der Waals surface area contributed by atoms with Crippen molar-refractivity contribution < 1.29 is 4.74 Å². The maximum atomic E-state index is 5.59. The normalized spacial score (nSPS) is 13.5. The molecule has 0 radical (unpaired) electrons. The predicted molar refractivity (Wildman–Crippen MR) is 98.0 cm³/mol. The van der Waals surface area contributed by atoms with Crippen molar-refractivity contribution in [3.63, 3.8) is 0 Å². The molecule has 0 unspecified atom stereocenters. The van der Waals surface area contributed by atoms with Gasteiger partial charge >= 0.3 is 0 Å². The van der Waals surface area contributed by atoms with E-state index in [-0.39, 0.29) is 0 Å².